The van der Waals surface area contributed by atoms with Gasteiger partial charge >= 0.3 is 41.6 Å². The highest BCUT2D eigenvalue weighted by Crippen LogP contribution is 2.34. The fourth-order valence-corrected chi connectivity index (χ4v) is 8.13. The molecule has 26 heteroatoms. The van der Waals surface area contributed by atoms with Gasteiger partial charge in [-0.25, -0.2) is 16.7 Å². The molecular weight excluding hydrogens is 853 g/mol. The molecule has 0 saturated carbocycles. The molecule has 2 aliphatic rings. The van der Waals surface area contributed by atoms with Crippen molar-refractivity contribution in [3.05, 3.63) is 0 Å². The third kappa shape index (κ3) is 23.9. The van der Waals surface area contributed by atoms with E-state index in [1.807, 2.05) is 0 Å². The second kappa shape index (κ2) is 24.8. The number of carbonyl (C=O) groups is 2. The second-order valence-corrected chi connectivity index (χ2v) is 18.0. The van der Waals surface area contributed by atoms with Crippen LogP contribution in [0.3, 0.4) is 0 Å². The zero-order valence-corrected chi connectivity index (χ0v) is 35.1. The predicted molar refractivity (Wildman–Crippen MR) is 195 cm³/mol. The van der Waals surface area contributed by atoms with E-state index in [9.17, 15) is 61.5 Å². The molecule has 2 heterocycles. The lowest BCUT2D eigenvalue weighted by atomic mass is 9.99. The SMILES string of the molecule is CCC1OC(OC2CC(OS(=O)(=O)O)C(OCCCCCCCC(=O)CCCCCCCCC(C)=O)OC2COS(=O)(=O)O)C(OS(=O)(=O)O)CC1OS(=O)(=O)O. The lowest BCUT2D eigenvalue weighted by Crippen LogP contribution is -2.57. The lowest BCUT2D eigenvalue weighted by Gasteiger charge is -2.44. The highest BCUT2D eigenvalue weighted by atomic mass is 32.3. The minimum absolute atomic E-state index is 0.0241. The smallest absolute Gasteiger partial charge is 0.350 e. The topological polar surface area (TPSA) is 325 Å². The molecule has 0 aliphatic carbocycles. The number of ketones is 2. The van der Waals surface area contributed by atoms with E-state index in [4.69, 9.17) is 23.1 Å². The Morgan fingerprint density at radius 3 is 1.49 bits per heavy atom. The van der Waals surface area contributed by atoms with Gasteiger partial charge in [0, 0.05) is 38.7 Å². The molecule has 22 nitrogen and oxygen atoms in total. The maximum atomic E-state index is 12.2. The molecule has 0 aromatic rings. The zero-order valence-electron chi connectivity index (χ0n) is 31.8. The number of carbonyl (C=O) groups excluding carboxylic acids is 2. The Labute approximate surface area is 334 Å². The summed E-state index contributed by atoms with van der Waals surface area (Å²) in [6, 6.07) is 0. The first-order valence-electron chi connectivity index (χ1n) is 18.6. The van der Waals surface area contributed by atoms with E-state index in [1.54, 1.807) is 6.92 Å². The van der Waals surface area contributed by atoms with Gasteiger partial charge in [-0.15, -0.1) is 0 Å². The normalized spacial score (nSPS) is 26.4. The maximum absolute atomic E-state index is 12.2. The summed E-state index contributed by atoms with van der Waals surface area (Å²) in [5, 5.41) is 0. The molecule has 2 fully saturated rings. The van der Waals surface area contributed by atoms with Crippen LogP contribution in [0.25, 0.3) is 0 Å². The minimum Gasteiger partial charge on any atom is -0.350 e. The first-order chi connectivity index (χ1) is 26.4. The van der Waals surface area contributed by atoms with Crippen molar-refractivity contribution in [2.45, 2.75) is 172 Å². The van der Waals surface area contributed by atoms with Crippen molar-refractivity contribution >= 4 is 53.2 Å². The molecule has 4 N–H and O–H groups in total. The van der Waals surface area contributed by atoms with Gasteiger partial charge in [-0.2, -0.15) is 33.7 Å². The Balaban J connectivity index is 1.99. The summed E-state index contributed by atoms with van der Waals surface area (Å²) in [6.45, 7) is 2.03. The van der Waals surface area contributed by atoms with Crippen LogP contribution in [0, 0.1) is 0 Å². The van der Waals surface area contributed by atoms with Gasteiger partial charge in [0.25, 0.3) is 0 Å². The predicted octanol–water partition coefficient (Wildman–Crippen LogP) is 3.03. The second-order valence-electron chi connectivity index (χ2n) is 13.8. The summed E-state index contributed by atoms with van der Waals surface area (Å²) in [6.07, 6.45) is -3.73. The quantitative estimate of drug-likeness (QED) is 0.0594. The molecule has 0 spiro atoms. The van der Waals surface area contributed by atoms with Gasteiger partial charge in [0.2, 0.25) is 0 Å². The number of hydrogen-bond acceptors (Lipinski definition) is 18. The Kier molecular flexibility index (Phi) is 22.5. The fourth-order valence-electron chi connectivity index (χ4n) is 6.34. The van der Waals surface area contributed by atoms with Gasteiger partial charge in [0.1, 0.15) is 36.0 Å². The van der Waals surface area contributed by atoms with Gasteiger partial charge in [-0.3, -0.25) is 23.0 Å². The van der Waals surface area contributed by atoms with Crippen LogP contribution in [-0.2, 0) is 86.9 Å². The van der Waals surface area contributed by atoms with E-state index < -0.39 is 110 Å². The Bertz CT molecular complexity index is 1670. The summed E-state index contributed by atoms with van der Waals surface area (Å²) in [5.74, 6) is 0.391. The van der Waals surface area contributed by atoms with Crippen molar-refractivity contribution < 1.29 is 97.2 Å². The number of ether oxygens (including phenoxy) is 4. The molecule has 336 valence electrons. The van der Waals surface area contributed by atoms with E-state index >= 15 is 0 Å². The standard InChI is InChI=1S/C31H56O22S4/c1-3-24-26(51-55(37,38)39)20-28(53-57(43,44)45)31(48-24)49-25-19-27(52-56(40,41)42)30(50-29(25)21-47-54(34,35)36)46-18-14-10-6-9-13-17-23(33)16-12-8-5-4-7-11-15-22(2)32/h24-31H,3-21H2,1-2H3,(H,34,35,36)(H,37,38,39)(H,40,41,42)(H,43,44,45). The van der Waals surface area contributed by atoms with Gasteiger partial charge in [0.05, 0.1) is 18.8 Å². The van der Waals surface area contributed by atoms with E-state index in [2.05, 4.69) is 12.5 Å². The van der Waals surface area contributed by atoms with Crippen molar-refractivity contribution in [3.8, 4) is 0 Å². The van der Waals surface area contributed by atoms with Crippen LogP contribution >= 0.6 is 0 Å². The Hall–Kier alpha value is -1.34. The van der Waals surface area contributed by atoms with Crippen LogP contribution in [-0.4, -0.2) is 126 Å². The summed E-state index contributed by atoms with van der Waals surface area (Å²) in [7, 11) is -20.7. The summed E-state index contributed by atoms with van der Waals surface area (Å²) in [5.41, 5.74) is 0. The summed E-state index contributed by atoms with van der Waals surface area (Å²) < 4.78 is 171. The molecule has 0 aromatic carbocycles. The van der Waals surface area contributed by atoms with Gasteiger partial charge in [-0.05, 0) is 39.0 Å². The molecule has 0 amide bonds. The minimum atomic E-state index is -5.28. The number of unbranched alkanes of at least 4 members (excludes halogenated alkanes) is 9. The van der Waals surface area contributed by atoms with Crippen molar-refractivity contribution in [1.82, 2.24) is 0 Å². The van der Waals surface area contributed by atoms with Crippen LogP contribution in [0.4, 0.5) is 0 Å². The average molecular weight is 909 g/mol. The lowest BCUT2D eigenvalue weighted by molar-refractivity contribution is -0.319. The molecule has 8 unspecified atom stereocenters. The van der Waals surface area contributed by atoms with E-state index in [0.717, 1.165) is 51.4 Å². The first kappa shape index (κ1) is 51.8. The maximum Gasteiger partial charge on any atom is 0.397 e. The highest BCUT2D eigenvalue weighted by molar-refractivity contribution is 7.81. The van der Waals surface area contributed by atoms with Crippen LogP contribution < -0.4 is 0 Å². The molecule has 8 atom stereocenters. The van der Waals surface area contributed by atoms with Gasteiger partial charge < -0.3 is 23.7 Å². The molecule has 0 radical (unpaired) electrons. The van der Waals surface area contributed by atoms with Crippen LogP contribution in [0.15, 0.2) is 0 Å². The zero-order chi connectivity index (χ0) is 42.9. The van der Waals surface area contributed by atoms with E-state index in [-0.39, 0.29) is 24.6 Å². The summed E-state index contributed by atoms with van der Waals surface area (Å²) >= 11 is 0. The molecule has 2 rings (SSSR count). The summed E-state index contributed by atoms with van der Waals surface area (Å²) in [4.78, 5) is 23.2. The molecule has 0 bridgehead atoms. The fraction of sp³-hybridized carbons (Fsp3) is 0.935. The van der Waals surface area contributed by atoms with Crippen LogP contribution in [0.2, 0.25) is 0 Å². The largest absolute Gasteiger partial charge is 0.397 e. The Morgan fingerprint density at radius 2 is 1.00 bits per heavy atom. The first-order valence-corrected chi connectivity index (χ1v) is 24.1. The number of Topliss-reactive ketones (excluding diaryl/α,β-unsaturated/α-hetero) is 2. The van der Waals surface area contributed by atoms with Crippen molar-refractivity contribution in [2.75, 3.05) is 13.2 Å². The molecule has 0 aromatic heterocycles. The van der Waals surface area contributed by atoms with E-state index in [1.165, 1.54) is 6.92 Å². The van der Waals surface area contributed by atoms with Crippen LogP contribution in [0.1, 0.15) is 123 Å². The highest BCUT2D eigenvalue weighted by Gasteiger charge is 2.48. The molecular formula is C31H56O22S4. The van der Waals surface area contributed by atoms with Gasteiger partial charge in [-0.1, -0.05) is 51.9 Å². The van der Waals surface area contributed by atoms with Gasteiger partial charge in [0.15, 0.2) is 12.6 Å². The number of rotatable bonds is 30. The third-order valence-electron chi connectivity index (χ3n) is 8.93. The Morgan fingerprint density at radius 1 is 0.561 bits per heavy atom. The molecule has 57 heavy (non-hydrogen) atoms. The number of hydrogen-bond donors (Lipinski definition) is 4. The monoisotopic (exact) mass is 908 g/mol. The van der Waals surface area contributed by atoms with E-state index in [0.29, 0.717) is 38.5 Å². The van der Waals surface area contributed by atoms with Crippen LogP contribution in [0.5, 0.6) is 0 Å². The third-order valence-corrected chi connectivity index (χ3v) is 10.8. The average Bonchev–Trinajstić information content (AvgIpc) is 3.05. The molecule has 2 saturated heterocycles. The van der Waals surface area contributed by atoms with Crippen molar-refractivity contribution in [2.24, 2.45) is 0 Å². The van der Waals surface area contributed by atoms with Crippen molar-refractivity contribution in [3.63, 3.8) is 0 Å². The molecule has 2 aliphatic heterocycles. The van der Waals surface area contributed by atoms with Crippen molar-refractivity contribution in [1.29, 1.82) is 0 Å².